The highest BCUT2D eigenvalue weighted by atomic mass is 32.1. The van der Waals surface area contributed by atoms with Gasteiger partial charge < -0.3 is 10.3 Å². The number of benzene rings is 1. The number of nitrogens with two attached hydrogens (primary N) is 1. The van der Waals surface area contributed by atoms with E-state index in [1.165, 1.54) is 4.68 Å². The zero-order valence-electron chi connectivity index (χ0n) is 12.8. The van der Waals surface area contributed by atoms with Crippen molar-refractivity contribution in [1.82, 2.24) is 19.3 Å². The minimum atomic E-state index is -0.115. The number of thiazole rings is 1. The lowest BCUT2D eigenvalue weighted by atomic mass is 10.2. The Morgan fingerprint density at radius 2 is 2.17 bits per heavy atom. The summed E-state index contributed by atoms with van der Waals surface area (Å²) >= 11 is 1.58. The van der Waals surface area contributed by atoms with E-state index in [0.717, 1.165) is 26.3 Å². The number of aryl methyl sites for hydroxylation is 2. The summed E-state index contributed by atoms with van der Waals surface area (Å²) in [7, 11) is 1.90. The molecule has 0 saturated carbocycles. The Morgan fingerprint density at radius 1 is 1.35 bits per heavy atom. The van der Waals surface area contributed by atoms with Crippen LogP contribution in [0.25, 0.3) is 21.3 Å². The Labute approximate surface area is 135 Å². The van der Waals surface area contributed by atoms with E-state index in [9.17, 15) is 4.79 Å². The highest BCUT2D eigenvalue weighted by Gasteiger charge is 2.17. The van der Waals surface area contributed by atoms with Crippen molar-refractivity contribution < 1.29 is 0 Å². The van der Waals surface area contributed by atoms with Crippen LogP contribution in [0, 0.1) is 6.92 Å². The Morgan fingerprint density at radius 3 is 2.96 bits per heavy atom. The predicted molar refractivity (Wildman–Crippen MR) is 92.8 cm³/mol. The van der Waals surface area contributed by atoms with Gasteiger partial charge in [0.15, 0.2) is 0 Å². The summed E-state index contributed by atoms with van der Waals surface area (Å²) in [5.74, 6) is 0. The van der Waals surface area contributed by atoms with Crippen LogP contribution in [-0.2, 0) is 13.6 Å². The van der Waals surface area contributed by atoms with Crippen LogP contribution in [-0.4, -0.2) is 19.3 Å². The zero-order chi connectivity index (χ0) is 16.1. The second-order valence-electron chi connectivity index (χ2n) is 5.56. The molecule has 0 spiro atoms. The number of hydrogen-bond acceptors (Lipinski definition) is 5. The molecule has 4 rings (SSSR count). The van der Waals surface area contributed by atoms with Gasteiger partial charge in [0.05, 0.1) is 23.1 Å². The Hall–Kier alpha value is -2.67. The van der Waals surface area contributed by atoms with Gasteiger partial charge in [-0.3, -0.25) is 4.79 Å². The van der Waals surface area contributed by atoms with Gasteiger partial charge in [0, 0.05) is 12.7 Å². The molecule has 2 N–H and O–H groups in total. The van der Waals surface area contributed by atoms with Crippen molar-refractivity contribution in [2.45, 2.75) is 13.5 Å². The van der Waals surface area contributed by atoms with Crippen molar-refractivity contribution in [3.8, 4) is 0 Å². The molecule has 0 fully saturated rings. The average Bonchev–Trinajstić information content (AvgIpc) is 3.00. The van der Waals surface area contributed by atoms with E-state index in [4.69, 9.17) is 5.73 Å². The monoisotopic (exact) mass is 325 g/mol. The first-order valence-corrected chi connectivity index (χ1v) is 8.02. The van der Waals surface area contributed by atoms with Crippen molar-refractivity contribution in [2.75, 3.05) is 5.73 Å². The van der Waals surface area contributed by atoms with Gasteiger partial charge >= 0.3 is 0 Å². The quantitative estimate of drug-likeness (QED) is 0.574. The third-order valence-corrected chi connectivity index (χ3v) is 4.96. The Bertz CT molecular complexity index is 1110. The average molecular weight is 325 g/mol. The van der Waals surface area contributed by atoms with E-state index in [-0.39, 0.29) is 5.56 Å². The van der Waals surface area contributed by atoms with Crippen LogP contribution in [0.15, 0.2) is 35.3 Å². The van der Waals surface area contributed by atoms with Crippen LogP contribution >= 0.6 is 11.3 Å². The number of hydrogen-bond donors (Lipinski definition) is 1. The van der Waals surface area contributed by atoms with Gasteiger partial charge in [0.25, 0.3) is 5.56 Å². The van der Waals surface area contributed by atoms with Gasteiger partial charge in [-0.1, -0.05) is 12.1 Å². The number of rotatable bonds is 2. The molecule has 116 valence electrons. The molecule has 0 atom stereocenters. The van der Waals surface area contributed by atoms with Crippen molar-refractivity contribution in [2.24, 2.45) is 7.05 Å². The summed E-state index contributed by atoms with van der Waals surface area (Å²) in [6.07, 6.45) is 1.73. The fourth-order valence-electron chi connectivity index (χ4n) is 2.87. The molecule has 0 aliphatic carbocycles. The SMILES string of the molecule is Cc1nc2c3cnn(Cc4cccc(N)c4)c(=O)c3n(C)c2s1. The lowest BCUT2D eigenvalue weighted by Crippen LogP contribution is -2.24. The van der Waals surface area contributed by atoms with Crippen molar-refractivity contribution in [1.29, 1.82) is 0 Å². The van der Waals surface area contributed by atoms with Gasteiger partial charge in [-0.25, -0.2) is 9.67 Å². The minimum absolute atomic E-state index is 0.115. The Kier molecular flexibility index (Phi) is 2.99. The molecule has 23 heavy (non-hydrogen) atoms. The molecule has 0 aliphatic heterocycles. The molecule has 7 heteroatoms. The predicted octanol–water partition coefficient (Wildman–Crippen LogP) is 2.28. The third kappa shape index (κ3) is 2.12. The van der Waals surface area contributed by atoms with Gasteiger partial charge in [-0.15, -0.1) is 11.3 Å². The molecule has 0 radical (unpaired) electrons. The lowest BCUT2D eigenvalue weighted by molar-refractivity contribution is 0.644. The Balaban J connectivity index is 1.91. The van der Waals surface area contributed by atoms with Gasteiger partial charge in [-0.2, -0.15) is 5.10 Å². The summed E-state index contributed by atoms with van der Waals surface area (Å²) in [6, 6.07) is 7.48. The maximum atomic E-state index is 12.8. The van der Waals surface area contributed by atoms with Gasteiger partial charge in [0.2, 0.25) is 0 Å². The first kappa shape index (κ1) is 14.0. The topological polar surface area (TPSA) is 78.7 Å². The summed E-state index contributed by atoms with van der Waals surface area (Å²) < 4.78 is 3.38. The third-order valence-electron chi connectivity index (χ3n) is 3.91. The van der Waals surface area contributed by atoms with Crippen LogP contribution in [0.3, 0.4) is 0 Å². The van der Waals surface area contributed by atoms with Crippen molar-refractivity contribution >= 4 is 38.3 Å². The van der Waals surface area contributed by atoms with E-state index >= 15 is 0 Å². The summed E-state index contributed by atoms with van der Waals surface area (Å²) in [5.41, 5.74) is 8.80. The zero-order valence-corrected chi connectivity index (χ0v) is 13.6. The number of fused-ring (bicyclic) bond motifs is 3. The van der Waals surface area contributed by atoms with Gasteiger partial charge in [-0.05, 0) is 24.6 Å². The standard InChI is InChI=1S/C16H15N5OS/c1-9-19-13-12-7-18-21(8-10-4-3-5-11(17)6-10)15(22)14(12)20(2)16(13)23-9/h3-7H,8,17H2,1-2H3. The molecule has 3 heterocycles. The molecule has 0 unspecified atom stereocenters. The number of nitrogen functional groups attached to an aromatic ring is 1. The van der Waals surface area contributed by atoms with E-state index in [1.54, 1.807) is 17.5 Å². The van der Waals surface area contributed by atoms with Gasteiger partial charge in [0.1, 0.15) is 15.9 Å². The second kappa shape index (κ2) is 4.92. The summed E-state index contributed by atoms with van der Waals surface area (Å²) in [5, 5.41) is 6.11. The molecule has 4 aromatic rings. The maximum Gasteiger partial charge on any atom is 0.291 e. The van der Waals surface area contributed by atoms with Crippen LogP contribution in [0.1, 0.15) is 10.6 Å². The second-order valence-corrected chi connectivity index (χ2v) is 6.74. The largest absolute Gasteiger partial charge is 0.399 e. The van der Waals surface area contributed by atoms with Crippen LogP contribution in [0.4, 0.5) is 5.69 Å². The molecule has 0 bridgehead atoms. The molecule has 6 nitrogen and oxygen atoms in total. The normalized spacial score (nSPS) is 11.6. The minimum Gasteiger partial charge on any atom is -0.399 e. The number of nitrogens with zero attached hydrogens (tertiary/aromatic N) is 4. The van der Waals surface area contributed by atoms with E-state index in [2.05, 4.69) is 10.1 Å². The van der Waals surface area contributed by atoms with E-state index in [1.807, 2.05) is 42.8 Å². The molecule has 0 aliphatic rings. The molecule has 1 aromatic carbocycles. The fourth-order valence-corrected chi connectivity index (χ4v) is 3.77. The molecular formula is C16H15N5OS. The lowest BCUT2D eigenvalue weighted by Gasteiger charge is -2.06. The van der Waals surface area contributed by atoms with E-state index in [0.29, 0.717) is 17.7 Å². The molecule has 0 amide bonds. The summed E-state index contributed by atoms with van der Waals surface area (Å²) in [4.78, 5) is 18.3. The first-order chi connectivity index (χ1) is 11.0. The maximum absolute atomic E-state index is 12.8. The van der Waals surface area contributed by atoms with Crippen LogP contribution in [0.2, 0.25) is 0 Å². The number of aromatic nitrogens is 4. The first-order valence-electron chi connectivity index (χ1n) is 7.20. The molecule has 0 saturated heterocycles. The molecular weight excluding hydrogens is 310 g/mol. The van der Waals surface area contributed by atoms with Crippen molar-refractivity contribution in [3.05, 3.63) is 51.4 Å². The van der Waals surface area contributed by atoms with Crippen LogP contribution in [0.5, 0.6) is 0 Å². The van der Waals surface area contributed by atoms with Crippen LogP contribution < -0.4 is 11.3 Å². The number of anilines is 1. The smallest absolute Gasteiger partial charge is 0.291 e. The highest BCUT2D eigenvalue weighted by Crippen LogP contribution is 2.29. The fraction of sp³-hybridized carbons (Fsp3) is 0.188. The molecule has 3 aromatic heterocycles. The van der Waals surface area contributed by atoms with E-state index < -0.39 is 0 Å². The highest BCUT2D eigenvalue weighted by molar-refractivity contribution is 7.18. The van der Waals surface area contributed by atoms with Crippen molar-refractivity contribution in [3.63, 3.8) is 0 Å². The summed E-state index contributed by atoms with van der Waals surface area (Å²) in [6.45, 7) is 2.36.